The SMILES string of the molecule is COC(=O)/C=C/[C@H]1COC(=O)N1CCc1ccccc1OC. The highest BCUT2D eigenvalue weighted by Gasteiger charge is 2.31. The zero-order valence-electron chi connectivity index (χ0n) is 12.7. The van der Waals surface area contributed by atoms with Crippen LogP contribution in [0.3, 0.4) is 0 Å². The lowest BCUT2D eigenvalue weighted by Crippen LogP contribution is -2.34. The molecule has 22 heavy (non-hydrogen) atoms. The first-order chi connectivity index (χ1) is 10.7. The summed E-state index contributed by atoms with van der Waals surface area (Å²) >= 11 is 0. The lowest BCUT2D eigenvalue weighted by Gasteiger charge is -2.19. The quantitative estimate of drug-likeness (QED) is 0.592. The Labute approximate surface area is 129 Å². The van der Waals surface area contributed by atoms with E-state index in [0.717, 1.165) is 11.3 Å². The molecule has 0 aromatic heterocycles. The molecule has 0 saturated carbocycles. The lowest BCUT2D eigenvalue weighted by atomic mass is 10.1. The monoisotopic (exact) mass is 305 g/mol. The molecule has 118 valence electrons. The Balaban J connectivity index is 2.01. The van der Waals surface area contributed by atoms with Crippen LogP contribution in [-0.4, -0.2) is 50.4 Å². The molecule has 1 aliphatic heterocycles. The van der Waals surface area contributed by atoms with Gasteiger partial charge in [-0.25, -0.2) is 9.59 Å². The van der Waals surface area contributed by atoms with Gasteiger partial charge in [0.05, 0.1) is 20.3 Å². The van der Waals surface area contributed by atoms with Gasteiger partial charge in [0.2, 0.25) is 0 Å². The van der Waals surface area contributed by atoms with Gasteiger partial charge < -0.3 is 14.2 Å². The average molecular weight is 305 g/mol. The van der Waals surface area contributed by atoms with E-state index in [1.54, 1.807) is 18.1 Å². The molecule has 2 rings (SSSR count). The van der Waals surface area contributed by atoms with Crippen LogP contribution in [0.4, 0.5) is 4.79 Å². The number of carbonyl (C=O) groups excluding carboxylic acids is 2. The van der Waals surface area contributed by atoms with Crippen molar-refractivity contribution < 1.29 is 23.8 Å². The first kappa shape index (κ1) is 15.9. The Hall–Kier alpha value is -2.50. The van der Waals surface area contributed by atoms with Crippen LogP contribution in [-0.2, 0) is 20.7 Å². The molecular weight excluding hydrogens is 286 g/mol. The van der Waals surface area contributed by atoms with Gasteiger partial charge in [0.1, 0.15) is 12.4 Å². The number of ether oxygens (including phenoxy) is 3. The summed E-state index contributed by atoms with van der Waals surface area (Å²) in [6.45, 7) is 0.716. The summed E-state index contributed by atoms with van der Waals surface area (Å²) in [5.41, 5.74) is 1.01. The smallest absolute Gasteiger partial charge is 0.410 e. The lowest BCUT2D eigenvalue weighted by molar-refractivity contribution is -0.134. The molecule has 1 heterocycles. The molecular formula is C16H19NO5. The molecule has 1 aliphatic rings. The Bertz CT molecular complexity index is 569. The van der Waals surface area contributed by atoms with Crippen LogP contribution in [0, 0.1) is 0 Å². The van der Waals surface area contributed by atoms with Crippen LogP contribution in [0.2, 0.25) is 0 Å². The number of cyclic esters (lactones) is 1. The van der Waals surface area contributed by atoms with Crippen molar-refractivity contribution in [2.24, 2.45) is 0 Å². The number of hydrogen-bond donors (Lipinski definition) is 0. The number of esters is 1. The highest BCUT2D eigenvalue weighted by atomic mass is 16.6. The van der Waals surface area contributed by atoms with Crippen LogP contribution in [0.1, 0.15) is 5.56 Å². The normalized spacial score (nSPS) is 17.6. The maximum absolute atomic E-state index is 11.8. The summed E-state index contributed by atoms with van der Waals surface area (Å²) < 4.78 is 14.9. The van der Waals surface area contributed by atoms with Crippen LogP contribution in [0.5, 0.6) is 5.75 Å². The number of hydrogen-bond acceptors (Lipinski definition) is 5. The molecule has 0 aliphatic carbocycles. The number of rotatable bonds is 6. The predicted molar refractivity (Wildman–Crippen MR) is 79.7 cm³/mol. The van der Waals surface area contributed by atoms with Crippen molar-refractivity contribution in [1.82, 2.24) is 4.90 Å². The predicted octanol–water partition coefficient (Wildman–Crippen LogP) is 1.79. The Kier molecular flexibility index (Phi) is 5.41. The maximum Gasteiger partial charge on any atom is 0.410 e. The van der Waals surface area contributed by atoms with Crippen LogP contribution >= 0.6 is 0 Å². The second kappa shape index (κ2) is 7.49. The van der Waals surface area contributed by atoms with Crippen LogP contribution in [0.15, 0.2) is 36.4 Å². The summed E-state index contributed by atoms with van der Waals surface area (Å²) in [5, 5.41) is 0. The van der Waals surface area contributed by atoms with Crippen molar-refractivity contribution in [3.63, 3.8) is 0 Å². The topological polar surface area (TPSA) is 65.1 Å². The van der Waals surface area contributed by atoms with Gasteiger partial charge >= 0.3 is 12.1 Å². The van der Waals surface area contributed by atoms with Crippen molar-refractivity contribution in [3.05, 3.63) is 42.0 Å². The molecule has 0 radical (unpaired) electrons. The van der Waals surface area contributed by atoms with Gasteiger partial charge in [0.15, 0.2) is 0 Å². The minimum absolute atomic E-state index is 0.234. The molecule has 0 bridgehead atoms. The zero-order valence-corrected chi connectivity index (χ0v) is 12.7. The van der Waals surface area contributed by atoms with Crippen molar-refractivity contribution in [2.45, 2.75) is 12.5 Å². The van der Waals surface area contributed by atoms with Gasteiger partial charge in [-0.1, -0.05) is 24.3 Å². The van der Waals surface area contributed by atoms with Crippen LogP contribution < -0.4 is 4.74 Å². The molecule has 1 saturated heterocycles. The Morgan fingerprint density at radius 2 is 2.18 bits per heavy atom. The van der Waals surface area contributed by atoms with Gasteiger partial charge in [0, 0.05) is 12.6 Å². The van der Waals surface area contributed by atoms with Crippen molar-refractivity contribution in [2.75, 3.05) is 27.4 Å². The summed E-state index contributed by atoms with van der Waals surface area (Å²) in [4.78, 5) is 24.5. The van der Waals surface area contributed by atoms with E-state index in [0.29, 0.717) is 13.0 Å². The van der Waals surface area contributed by atoms with Gasteiger partial charge in [-0.2, -0.15) is 0 Å². The van der Waals surface area contributed by atoms with Crippen molar-refractivity contribution in [3.8, 4) is 5.75 Å². The van der Waals surface area contributed by atoms with Gasteiger partial charge in [-0.15, -0.1) is 0 Å². The summed E-state index contributed by atoms with van der Waals surface area (Å²) in [7, 11) is 2.92. The standard InChI is InChI=1S/C16H19NO5/c1-20-14-6-4-3-5-12(14)9-10-17-13(11-22-16(17)19)7-8-15(18)21-2/h3-8,13H,9-11H2,1-2H3/b8-7+/t13-/m0/s1. The fourth-order valence-electron chi connectivity index (χ4n) is 2.29. The van der Waals surface area contributed by atoms with Gasteiger partial charge in [-0.3, -0.25) is 4.90 Å². The number of carbonyl (C=O) groups is 2. The maximum atomic E-state index is 11.8. The van der Waals surface area contributed by atoms with Crippen molar-refractivity contribution >= 4 is 12.1 Å². The van der Waals surface area contributed by atoms with E-state index < -0.39 is 5.97 Å². The third-order valence-corrected chi connectivity index (χ3v) is 3.48. The second-order valence-electron chi connectivity index (χ2n) is 4.78. The fraction of sp³-hybridized carbons (Fsp3) is 0.375. The molecule has 1 aromatic rings. The minimum atomic E-state index is -0.455. The molecule has 6 heteroatoms. The minimum Gasteiger partial charge on any atom is -0.496 e. The van der Waals surface area contributed by atoms with Gasteiger partial charge in [0.25, 0.3) is 0 Å². The number of para-hydroxylation sites is 1. The van der Waals surface area contributed by atoms with E-state index in [2.05, 4.69) is 4.74 Å². The number of amides is 1. The molecule has 6 nitrogen and oxygen atoms in total. The van der Waals surface area contributed by atoms with E-state index in [9.17, 15) is 9.59 Å². The molecule has 1 atom stereocenters. The van der Waals surface area contributed by atoms with E-state index in [1.165, 1.54) is 13.2 Å². The molecule has 1 fully saturated rings. The Morgan fingerprint density at radius 3 is 2.91 bits per heavy atom. The van der Waals surface area contributed by atoms with Crippen LogP contribution in [0.25, 0.3) is 0 Å². The third kappa shape index (κ3) is 3.78. The molecule has 0 unspecified atom stereocenters. The van der Waals surface area contributed by atoms with E-state index >= 15 is 0 Å². The number of methoxy groups -OCH3 is 2. The van der Waals surface area contributed by atoms with E-state index in [4.69, 9.17) is 9.47 Å². The second-order valence-corrected chi connectivity index (χ2v) is 4.78. The summed E-state index contributed by atoms with van der Waals surface area (Å²) in [5.74, 6) is 0.334. The number of nitrogens with zero attached hydrogens (tertiary/aromatic N) is 1. The fourth-order valence-corrected chi connectivity index (χ4v) is 2.29. The molecule has 0 N–H and O–H groups in total. The average Bonchev–Trinajstić information content (AvgIpc) is 2.90. The molecule has 0 spiro atoms. The molecule has 1 aromatic carbocycles. The first-order valence-electron chi connectivity index (χ1n) is 6.97. The molecule has 1 amide bonds. The van der Waals surface area contributed by atoms with Crippen molar-refractivity contribution in [1.29, 1.82) is 0 Å². The van der Waals surface area contributed by atoms with E-state index in [-0.39, 0.29) is 18.7 Å². The summed E-state index contributed by atoms with van der Waals surface area (Å²) in [6.07, 6.45) is 3.19. The largest absolute Gasteiger partial charge is 0.496 e. The zero-order chi connectivity index (χ0) is 15.9. The number of benzene rings is 1. The third-order valence-electron chi connectivity index (χ3n) is 3.48. The summed E-state index contributed by atoms with van der Waals surface area (Å²) in [6, 6.07) is 7.40. The highest BCUT2D eigenvalue weighted by Crippen LogP contribution is 2.20. The van der Waals surface area contributed by atoms with Gasteiger partial charge in [-0.05, 0) is 18.1 Å². The first-order valence-corrected chi connectivity index (χ1v) is 6.97. The Morgan fingerprint density at radius 1 is 1.41 bits per heavy atom. The van der Waals surface area contributed by atoms with E-state index in [1.807, 2.05) is 24.3 Å². The highest BCUT2D eigenvalue weighted by molar-refractivity contribution is 5.82.